The standard InChI is InChI=1S/C14H14BrNOS/c1-10(17)12-2-4-14(5-3-12)18-9-11-6-13(15)8-16-7-11/h2-8,10,17H,9H2,1H3. The van der Waals surface area contributed by atoms with Crippen molar-refractivity contribution in [1.29, 1.82) is 0 Å². The number of rotatable bonds is 4. The second-order valence-corrected chi connectivity index (χ2v) is 6.01. The number of hydrogen-bond acceptors (Lipinski definition) is 3. The highest BCUT2D eigenvalue weighted by molar-refractivity contribution is 9.10. The van der Waals surface area contributed by atoms with Gasteiger partial charge in [0.15, 0.2) is 0 Å². The lowest BCUT2D eigenvalue weighted by molar-refractivity contribution is 0.199. The van der Waals surface area contributed by atoms with Crippen LogP contribution in [0.15, 0.2) is 52.1 Å². The molecule has 1 unspecified atom stereocenters. The molecule has 2 rings (SSSR count). The second kappa shape index (κ2) is 6.36. The molecule has 1 N–H and O–H groups in total. The van der Waals surface area contributed by atoms with E-state index in [0.717, 1.165) is 15.8 Å². The number of hydrogen-bond donors (Lipinski definition) is 1. The van der Waals surface area contributed by atoms with Gasteiger partial charge in [0.2, 0.25) is 0 Å². The van der Waals surface area contributed by atoms with E-state index >= 15 is 0 Å². The average Bonchev–Trinajstić information content (AvgIpc) is 2.37. The van der Waals surface area contributed by atoms with E-state index in [2.05, 4.69) is 27.0 Å². The minimum Gasteiger partial charge on any atom is -0.389 e. The third kappa shape index (κ3) is 3.83. The molecule has 0 fully saturated rings. The molecule has 0 aliphatic heterocycles. The Kier molecular flexibility index (Phi) is 4.80. The first-order chi connectivity index (χ1) is 8.65. The molecule has 2 aromatic rings. The molecule has 1 aromatic carbocycles. The first-order valence-electron chi connectivity index (χ1n) is 5.65. The Morgan fingerprint density at radius 3 is 2.61 bits per heavy atom. The number of nitrogens with zero attached hydrogens (tertiary/aromatic N) is 1. The van der Waals surface area contributed by atoms with Crippen molar-refractivity contribution in [2.75, 3.05) is 0 Å². The van der Waals surface area contributed by atoms with E-state index in [4.69, 9.17) is 0 Å². The molecule has 0 radical (unpaired) electrons. The summed E-state index contributed by atoms with van der Waals surface area (Å²) < 4.78 is 1.00. The maximum absolute atomic E-state index is 9.43. The third-order valence-corrected chi connectivity index (χ3v) is 4.05. The predicted molar refractivity (Wildman–Crippen MR) is 78.6 cm³/mol. The van der Waals surface area contributed by atoms with Crippen molar-refractivity contribution in [3.05, 3.63) is 58.3 Å². The maximum Gasteiger partial charge on any atom is 0.0761 e. The van der Waals surface area contributed by atoms with Crippen LogP contribution in [-0.4, -0.2) is 10.1 Å². The fraction of sp³-hybridized carbons (Fsp3) is 0.214. The van der Waals surface area contributed by atoms with E-state index in [1.807, 2.05) is 30.5 Å². The fourth-order valence-electron chi connectivity index (χ4n) is 1.54. The van der Waals surface area contributed by atoms with Gasteiger partial charge in [-0.25, -0.2) is 0 Å². The summed E-state index contributed by atoms with van der Waals surface area (Å²) in [4.78, 5) is 5.33. The van der Waals surface area contributed by atoms with Crippen LogP contribution < -0.4 is 0 Å². The minimum atomic E-state index is -0.404. The van der Waals surface area contributed by atoms with Crippen LogP contribution in [0.2, 0.25) is 0 Å². The highest BCUT2D eigenvalue weighted by atomic mass is 79.9. The zero-order valence-corrected chi connectivity index (χ0v) is 12.4. The number of pyridine rings is 1. The number of aromatic nitrogens is 1. The van der Waals surface area contributed by atoms with Crippen LogP contribution in [0.25, 0.3) is 0 Å². The summed E-state index contributed by atoms with van der Waals surface area (Å²) in [6.45, 7) is 1.77. The summed E-state index contributed by atoms with van der Waals surface area (Å²) in [6, 6.07) is 10.1. The van der Waals surface area contributed by atoms with E-state index in [1.165, 1.54) is 10.5 Å². The lowest BCUT2D eigenvalue weighted by atomic mass is 10.1. The van der Waals surface area contributed by atoms with E-state index in [0.29, 0.717) is 0 Å². The van der Waals surface area contributed by atoms with Crippen LogP contribution >= 0.6 is 27.7 Å². The summed E-state index contributed by atoms with van der Waals surface area (Å²) in [7, 11) is 0. The topological polar surface area (TPSA) is 33.1 Å². The Labute approximate surface area is 120 Å². The maximum atomic E-state index is 9.43. The van der Waals surface area contributed by atoms with Gasteiger partial charge in [0.25, 0.3) is 0 Å². The smallest absolute Gasteiger partial charge is 0.0761 e. The molecule has 4 heteroatoms. The molecule has 94 valence electrons. The Bertz CT molecular complexity index is 513. The molecule has 1 atom stereocenters. The molecule has 0 amide bonds. The molecule has 2 nitrogen and oxygen atoms in total. The van der Waals surface area contributed by atoms with Crippen molar-refractivity contribution >= 4 is 27.7 Å². The van der Waals surface area contributed by atoms with Crippen LogP contribution in [-0.2, 0) is 5.75 Å². The largest absolute Gasteiger partial charge is 0.389 e. The van der Waals surface area contributed by atoms with Crippen molar-refractivity contribution < 1.29 is 5.11 Å². The number of halogens is 1. The summed E-state index contributed by atoms with van der Waals surface area (Å²) in [5.74, 6) is 0.889. The van der Waals surface area contributed by atoms with Gasteiger partial charge in [-0.15, -0.1) is 11.8 Å². The summed E-state index contributed by atoms with van der Waals surface area (Å²) >= 11 is 5.17. The molecule has 0 saturated carbocycles. The molecule has 1 heterocycles. The lowest BCUT2D eigenvalue weighted by Gasteiger charge is -2.06. The van der Waals surface area contributed by atoms with Crippen LogP contribution in [0.3, 0.4) is 0 Å². The Hall–Kier alpha value is -0.840. The van der Waals surface area contributed by atoms with Crippen LogP contribution in [0.1, 0.15) is 24.2 Å². The predicted octanol–water partition coefficient (Wildman–Crippen LogP) is 4.19. The quantitative estimate of drug-likeness (QED) is 0.856. The Morgan fingerprint density at radius 2 is 2.00 bits per heavy atom. The molecule has 0 spiro atoms. The van der Waals surface area contributed by atoms with Crippen molar-refractivity contribution in [3.8, 4) is 0 Å². The Balaban J connectivity index is 1.98. The number of thioether (sulfide) groups is 1. The van der Waals surface area contributed by atoms with Gasteiger partial charge >= 0.3 is 0 Å². The molecule has 0 bridgehead atoms. The SMILES string of the molecule is CC(O)c1ccc(SCc2cncc(Br)c2)cc1. The summed E-state index contributed by atoms with van der Waals surface area (Å²) in [5.41, 5.74) is 2.14. The molecule has 0 saturated heterocycles. The monoisotopic (exact) mass is 323 g/mol. The van der Waals surface area contributed by atoms with Crippen LogP contribution in [0.4, 0.5) is 0 Å². The lowest BCUT2D eigenvalue weighted by Crippen LogP contribution is -1.89. The zero-order valence-electron chi connectivity index (χ0n) is 10.0. The Morgan fingerprint density at radius 1 is 1.28 bits per heavy atom. The van der Waals surface area contributed by atoms with Gasteiger partial charge in [0.05, 0.1) is 6.10 Å². The van der Waals surface area contributed by atoms with Gasteiger partial charge in [0.1, 0.15) is 0 Å². The van der Waals surface area contributed by atoms with Crippen molar-refractivity contribution in [1.82, 2.24) is 4.98 Å². The summed E-state index contributed by atoms with van der Waals surface area (Å²) in [6.07, 6.45) is 3.26. The van der Waals surface area contributed by atoms with Crippen molar-refractivity contribution in [3.63, 3.8) is 0 Å². The molecule has 0 aliphatic rings. The van der Waals surface area contributed by atoms with Crippen LogP contribution in [0.5, 0.6) is 0 Å². The summed E-state index contributed by atoms with van der Waals surface area (Å²) in [5, 5.41) is 9.43. The molecule has 1 aromatic heterocycles. The van der Waals surface area contributed by atoms with Crippen molar-refractivity contribution in [2.45, 2.75) is 23.7 Å². The van der Waals surface area contributed by atoms with E-state index in [1.54, 1.807) is 24.9 Å². The molecule has 18 heavy (non-hydrogen) atoms. The normalized spacial score (nSPS) is 12.4. The number of benzene rings is 1. The van der Waals surface area contributed by atoms with E-state index in [9.17, 15) is 5.11 Å². The fourth-order valence-corrected chi connectivity index (χ4v) is 2.78. The van der Waals surface area contributed by atoms with Gasteiger partial charge < -0.3 is 5.11 Å². The molecular formula is C14H14BrNOS. The van der Waals surface area contributed by atoms with E-state index in [-0.39, 0.29) is 0 Å². The van der Waals surface area contributed by atoms with Gasteiger partial charge in [0, 0.05) is 27.5 Å². The van der Waals surface area contributed by atoms with Gasteiger partial charge in [-0.3, -0.25) is 4.98 Å². The van der Waals surface area contributed by atoms with E-state index < -0.39 is 6.10 Å². The highest BCUT2D eigenvalue weighted by Crippen LogP contribution is 2.25. The molecule has 0 aliphatic carbocycles. The van der Waals surface area contributed by atoms with Gasteiger partial charge in [-0.05, 0) is 52.2 Å². The van der Waals surface area contributed by atoms with Gasteiger partial charge in [-0.1, -0.05) is 12.1 Å². The third-order valence-electron chi connectivity index (χ3n) is 2.53. The van der Waals surface area contributed by atoms with Crippen molar-refractivity contribution in [2.24, 2.45) is 0 Å². The highest BCUT2D eigenvalue weighted by Gasteiger charge is 2.01. The number of aliphatic hydroxyl groups is 1. The minimum absolute atomic E-state index is 0.404. The first kappa shape index (κ1) is 13.6. The van der Waals surface area contributed by atoms with Crippen LogP contribution in [0, 0.1) is 0 Å². The first-order valence-corrected chi connectivity index (χ1v) is 7.43. The average molecular weight is 324 g/mol. The second-order valence-electron chi connectivity index (χ2n) is 4.05. The number of aliphatic hydroxyl groups excluding tert-OH is 1. The zero-order chi connectivity index (χ0) is 13.0. The van der Waals surface area contributed by atoms with Gasteiger partial charge in [-0.2, -0.15) is 0 Å². The molecular weight excluding hydrogens is 310 g/mol.